The number of hydrogen-bond acceptors (Lipinski definition) is 7. The molecule has 1 saturated heterocycles. The standard InChI is InChI=1S/C14H15N3O4S2/c18-14(11-2-8-22-10-11)16-23(19,20)12-1-3-15-13(9-12)17-4-6-21-7-5-17/h1-3,8-10H,4-7H2,(H,16,18). The van der Waals surface area contributed by atoms with Crippen LogP contribution in [0, 0.1) is 0 Å². The Morgan fingerprint density at radius 2 is 2.09 bits per heavy atom. The highest BCUT2D eigenvalue weighted by molar-refractivity contribution is 7.90. The fourth-order valence-corrected chi connectivity index (χ4v) is 3.78. The average Bonchev–Trinajstić information content (AvgIpc) is 3.10. The molecule has 7 nitrogen and oxygen atoms in total. The molecular weight excluding hydrogens is 338 g/mol. The van der Waals surface area contributed by atoms with Crippen LogP contribution in [0.3, 0.4) is 0 Å². The lowest BCUT2D eigenvalue weighted by Crippen LogP contribution is -2.37. The van der Waals surface area contributed by atoms with Crippen LogP contribution in [0.5, 0.6) is 0 Å². The van der Waals surface area contributed by atoms with Gasteiger partial charge in [0.25, 0.3) is 15.9 Å². The molecule has 0 atom stereocenters. The van der Waals surface area contributed by atoms with E-state index in [1.165, 1.54) is 29.7 Å². The van der Waals surface area contributed by atoms with Crippen molar-refractivity contribution < 1.29 is 17.9 Å². The van der Waals surface area contributed by atoms with Crippen LogP contribution >= 0.6 is 11.3 Å². The summed E-state index contributed by atoms with van der Waals surface area (Å²) in [6.07, 6.45) is 1.43. The SMILES string of the molecule is O=C(NS(=O)(=O)c1ccnc(N2CCOCC2)c1)c1ccsc1. The summed E-state index contributed by atoms with van der Waals surface area (Å²) in [5, 5.41) is 3.31. The first-order valence-electron chi connectivity index (χ1n) is 6.94. The summed E-state index contributed by atoms with van der Waals surface area (Å²) in [5.74, 6) is -0.0878. The number of ether oxygens (including phenoxy) is 1. The van der Waals surface area contributed by atoms with Crippen molar-refractivity contribution in [1.82, 2.24) is 9.71 Å². The van der Waals surface area contributed by atoms with E-state index >= 15 is 0 Å². The lowest BCUT2D eigenvalue weighted by Gasteiger charge is -2.27. The maximum atomic E-state index is 12.4. The van der Waals surface area contributed by atoms with Crippen LogP contribution in [0.25, 0.3) is 0 Å². The Morgan fingerprint density at radius 3 is 2.78 bits per heavy atom. The predicted octanol–water partition coefficient (Wildman–Crippen LogP) is 1.10. The van der Waals surface area contributed by atoms with Crippen molar-refractivity contribution in [2.24, 2.45) is 0 Å². The minimum absolute atomic E-state index is 0.0116. The number of sulfonamides is 1. The van der Waals surface area contributed by atoms with E-state index in [1.54, 1.807) is 16.8 Å². The molecule has 3 heterocycles. The molecule has 0 bridgehead atoms. The molecule has 0 unspecified atom stereocenters. The summed E-state index contributed by atoms with van der Waals surface area (Å²) in [6.45, 7) is 2.45. The minimum Gasteiger partial charge on any atom is -0.378 e. The summed E-state index contributed by atoms with van der Waals surface area (Å²) in [4.78, 5) is 18.1. The van der Waals surface area contributed by atoms with Crippen LogP contribution in [-0.2, 0) is 14.8 Å². The van der Waals surface area contributed by atoms with Crippen molar-refractivity contribution in [3.05, 3.63) is 40.7 Å². The van der Waals surface area contributed by atoms with Gasteiger partial charge in [0.1, 0.15) is 5.82 Å². The van der Waals surface area contributed by atoms with E-state index in [0.29, 0.717) is 37.7 Å². The molecule has 1 amide bonds. The van der Waals surface area contributed by atoms with Gasteiger partial charge in [0.15, 0.2) is 0 Å². The van der Waals surface area contributed by atoms with Gasteiger partial charge in [-0.15, -0.1) is 0 Å². The number of thiophene rings is 1. The molecule has 0 saturated carbocycles. The van der Waals surface area contributed by atoms with E-state index in [-0.39, 0.29) is 4.90 Å². The van der Waals surface area contributed by atoms with Gasteiger partial charge >= 0.3 is 0 Å². The minimum atomic E-state index is -3.94. The van der Waals surface area contributed by atoms with E-state index in [1.807, 2.05) is 4.90 Å². The number of rotatable bonds is 4. The van der Waals surface area contributed by atoms with Crippen molar-refractivity contribution in [3.8, 4) is 0 Å². The predicted molar refractivity (Wildman–Crippen MR) is 86.2 cm³/mol. The van der Waals surface area contributed by atoms with Gasteiger partial charge in [-0.3, -0.25) is 4.79 Å². The number of anilines is 1. The maximum Gasteiger partial charge on any atom is 0.265 e. The zero-order chi connectivity index (χ0) is 16.3. The number of morpholine rings is 1. The average molecular weight is 353 g/mol. The quantitative estimate of drug-likeness (QED) is 0.885. The topological polar surface area (TPSA) is 88.6 Å². The van der Waals surface area contributed by atoms with Gasteiger partial charge in [0.2, 0.25) is 0 Å². The maximum absolute atomic E-state index is 12.4. The highest BCUT2D eigenvalue weighted by Crippen LogP contribution is 2.18. The Hall–Kier alpha value is -1.97. The summed E-state index contributed by atoms with van der Waals surface area (Å²) in [5.41, 5.74) is 0.320. The molecule has 0 radical (unpaired) electrons. The summed E-state index contributed by atoms with van der Waals surface area (Å²) in [7, 11) is -3.94. The Balaban J connectivity index is 1.81. The third kappa shape index (κ3) is 3.69. The molecule has 122 valence electrons. The van der Waals surface area contributed by atoms with Crippen LogP contribution in [-0.4, -0.2) is 45.6 Å². The molecule has 1 fully saturated rings. The highest BCUT2D eigenvalue weighted by Gasteiger charge is 2.21. The van der Waals surface area contributed by atoms with Crippen LogP contribution < -0.4 is 9.62 Å². The first kappa shape index (κ1) is 15.9. The second kappa shape index (κ2) is 6.65. The normalized spacial score (nSPS) is 15.4. The van der Waals surface area contributed by atoms with Crippen molar-refractivity contribution in [3.63, 3.8) is 0 Å². The summed E-state index contributed by atoms with van der Waals surface area (Å²) in [6, 6.07) is 4.41. The fraction of sp³-hybridized carbons (Fsp3) is 0.286. The van der Waals surface area contributed by atoms with Gasteiger partial charge in [-0.2, -0.15) is 11.3 Å². The van der Waals surface area contributed by atoms with Crippen LogP contribution in [0.15, 0.2) is 40.1 Å². The largest absolute Gasteiger partial charge is 0.378 e. The molecular formula is C14H15N3O4S2. The molecule has 1 aliphatic heterocycles. The lowest BCUT2D eigenvalue weighted by molar-refractivity contribution is 0.0982. The van der Waals surface area contributed by atoms with Gasteiger partial charge < -0.3 is 9.64 Å². The number of nitrogens with zero attached hydrogens (tertiary/aromatic N) is 2. The third-order valence-electron chi connectivity index (χ3n) is 3.37. The van der Waals surface area contributed by atoms with E-state index < -0.39 is 15.9 Å². The monoisotopic (exact) mass is 353 g/mol. The Kier molecular flexibility index (Phi) is 4.60. The van der Waals surface area contributed by atoms with Crippen molar-refractivity contribution in [2.45, 2.75) is 4.90 Å². The van der Waals surface area contributed by atoms with Gasteiger partial charge in [-0.1, -0.05) is 0 Å². The van der Waals surface area contributed by atoms with Gasteiger partial charge in [-0.25, -0.2) is 18.1 Å². The molecule has 2 aromatic rings. The smallest absolute Gasteiger partial charge is 0.265 e. The van der Waals surface area contributed by atoms with Crippen molar-refractivity contribution in [2.75, 3.05) is 31.2 Å². The number of carbonyl (C=O) groups excluding carboxylic acids is 1. The molecule has 23 heavy (non-hydrogen) atoms. The Morgan fingerprint density at radius 1 is 1.30 bits per heavy atom. The third-order valence-corrected chi connectivity index (χ3v) is 5.38. The van der Waals surface area contributed by atoms with Crippen LogP contribution in [0.2, 0.25) is 0 Å². The number of aromatic nitrogens is 1. The number of pyridine rings is 1. The molecule has 0 aromatic carbocycles. The summed E-state index contributed by atoms with van der Waals surface area (Å²) < 4.78 is 32.1. The Bertz CT molecular complexity index is 784. The van der Waals surface area contributed by atoms with Crippen molar-refractivity contribution >= 4 is 33.1 Å². The number of hydrogen-bond donors (Lipinski definition) is 1. The van der Waals surface area contributed by atoms with Gasteiger partial charge in [-0.05, 0) is 17.5 Å². The zero-order valence-electron chi connectivity index (χ0n) is 12.1. The second-order valence-electron chi connectivity index (χ2n) is 4.90. The number of amides is 1. The molecule has 3 rings (SSSR count). The highest BCUT2D eigenvalue weighted by atomic mass is 32.2. The van der Waals surface area contributed by atoms with E-state index in [0.717, 1.165) is 0 Å². The van der Waals surface area contributed by atoms with E-state index in [9.17, 15) is 13.2 Å². The van der Waals surface area contributed by atoms with Crippen LogP contribution in [0.4, 0.5) is 5.82 Å². The molecule has 1 aliphatic rings. The number of carbonyl (C=O) groups is 1. The van der Waals surface area contributed by atoms with E-state index in [4.69, 9.17) is 4.74 Å². The van der Waals surface area contributed by atoms with Gasteiger partial charge in [0.05, 0.1) is 23.7 Å². The van der Waals surface area contributed by atoms with Crippen molar-refractivity contribution in [1.29, 1.82) is 0 Å². The Labute approximate surface area is 138 Å². The lowest BCUT2D eigenvalue weighted by atomic mass is 10.3. The summed E-state index contributed by atoms with van der Waals surface area (Å²) >= 11 is 1.33. The molecule has 2 aromatic heterocycles. The molecule has 0 spiro atoms. The second-order valence-corrected chi connectivity index (χ2v) is 7.36. The van der Waals surface area contributed by atoms with E-state index in [2.05, 4.69) is 9.71 Å². The zero-order valence-corrected chi connectivity index (χ0v) is 13.8. The van der Waals surface area contributed by atoms with Gasteiger partial charge in [0, 0.05) is 30.7 Å². The molecule has 9 heteroatoms. The molecule has 0 aliphatic carbocycles. The van der Waals surface area contributed by atoms with Crippen LogP contribution in [0.1, 0.15) is 10.4 Å². The fourth-order valence-electron chi connectivity index (χ4n) is 2.17. The first-order chi connectivity index (χ1) is 11.1. The number of nitrogens with one attached hydrogen (secondary N) is 1. The first-order valence-corrected chi connectivity index (χ1v) is 9.37. The molecule has 1 N–H and O–H groups in total.